The van der Waals surface area contributed by atoms with Gasteiger partial charge in [-0.25, -0.2) is 0 Å². The van der Waals surface area contributed by atoms with E-state index in [1.54, 1.807) is 35.7 Å². The molecule has 7 heteroatoms. The van der Waals surface area contributed by atoms with Gasteiger partial charge in [-0.3, -0.25) is 14.5 Å². The third-order valence-corrected chi connectivity index (χ3v) is 6.06. The summed E-state index contributed by atoms with van der Waals surface area (Å²) in [7, 11) is 0. The number of hydrogen-bond donors (Lipinski definition) is 1. The smallest absolute Gasteiger partial charge is 0.294 e. The predicted molar refractivity (Wildman–Crippen MR) is 112 cm³/mol. The number of fused-ring (bicyclic) bond motifs is 1. The van der Waals surface area contributed by atoms with E-state index in [2.05, 4.69) is 0 Å². The molecule has 1 atom stereocenters. The van der Waals surface area contributed by atoms with Crippen LogP contribution in [0.3, 0.4) is 0 Å². The van der Waals surface area contributed by atoms with Crippen molar-refractivity contribution in [3.63, 3.8) is 0 Å². The number of hydrogen-bond acceptors (Lipinski definition) is 6. The van der Waals surface area contributed by atoms with Gasteiger partial charge in [-0.15, -0.1) is 11.3 Å². The summed E-state index contributed by atoms with van der Waals surface area (Å²) in [5, 5.41) is 12.6. The number of Topliss-reactive ketones (excluding diaryl/α,β-unsaturated/α-hetero) is 1. The number of aryl methyl sites for hydroxylation is 1. The first-order chi connectivity index (χ1) is 14.5. The van der Waals surface area contributed by atoms with Crippen molar-refractivity contribution in [3.05, 3.63) is 87.3 Å². The van der Waals surface area contributed by atoms with Gasteiger partial charge < -0.3 is 14.6 Å². The number of anilines is 1. The van der Waals surface area contributed by atoms with Crippen LogP contribution in [-0.2, 0) is 4.79 Å². The first kappa shape index (κ1) is 18.4. The minimum Gasteiger partial charge on any atom is -0.503 e. The Morgan fingerprint density at radius 1 is 1.10 bits per heavy atom. The number of benzene rings is 2. The summed E-state index contributed by atoms with van der Waals surface area (Å²) in [6.07, 6.45) is 0. The van der Waals surface area contributed by atoms with Gasteiger partial charge in [0.05, 0.1) is 16.5 Å². The van der Waals surface area contributed by atoms with Crippen molar-refractivity contribution in [2.75, 3.05) is 11.7 Å². The van der Waals surface area contributed by atoms with Crippen LogP contribution in [0.2, 0.25) is 0 Å². The van der Waals surface area contributed by atoms with Gasteiger partial charge in [0, 0.05) is 11.8 Å². The molecular formula is C23H17NO5S. The number of carbonyl (C=O) groups excluding carboxylic acids is 2. The molecule has 3 heterocycles. The average Bonchev–Trinajstić information content (AvgIpc) is 3.48. The number of thiophene rings is 1. The molecule has 0 radical (unpaired) electrons. The number of amides is 1. The van der Waals surface area contributed by atoms with Gasteiger partial charge >= 0.3 is 0 Å². The van der Waals surface area contributed by atoms with Crippen LogP contribution in [0.4, 0.5) is 5.69 Å². The molecule has 0 fully saturated rings. The maximum atomic E-state index is 13.3. The van der Waals surface area contributed by atoms with Crippen LogP contribution < -0.4 is 14.4 Å². The fourth-order valence-corrected chi connectivity index (χ4v) is 4.51. The summed E-state index contributed by atoms with van der Waals surface area (Å²) >= 11 is 1.27. The molecule has 2 aromatic carbocycles. The first-order valence-corrected chi connectivity index (χ1v) is 10.2. The Balaban J connectivity index is 1.67. The molecule has 150 valence electrons. The van der Waals surface area contributed by atoms with Crippen LogP contribution in [0.15, 0.2) is 71.3 Å². The molecule has 0 aliphatic carbocycles. The minimum atomic E-state index is -0.757. The lowest BCUT2D eigenvalue weighted by molar-refractivity contribution is -0.117. The van der Waals surface area contributed by atoms with Crippen molar-refractivity contribution in [3.8, 4) is 11.5 Å². The highest BCUT2D eigenvalue weighted by atomic mass is 32.1. The summed E-state index contributed by atoms with van der Waals surface area (Å²) in [6, 6.07) is 15.4. The van der Waals surface area contributed by atoms with Crippen molar-refractivity contribution in [2.24, 2.45) is 0 Å². The second kappa shape index (κ2) is 7.03. The largest absolute Gasteiger partial charge is 0.503 e. The molecular weight excluding hydrogens is 402 g/mol. The van der Waals surface area contributed by atoms with Gasteiger partial charge in [-0.1, -0.05) is 35.9 Å². The van der Waals surface area contributed by atoms with Gasteiger partial charge in [-0.2, -0.15) is 0 Å². The summed E-state index contributed by atoms with van der Waals surface area (Å²) < 4.78 is 10.8. The quantitative estimate of drug-likeness (QED) is 0.627. The number of nitrogens with zero attached hydrogens (tertiary/aromatic N) is 1. The molecule has 0 saturated heterocycles. The minimum absolute atomic E-state index is 0.0747. The van der Waals surface area contributed by atoms with E-state index in [0.29, 0.717) is 22.1 Å². The molecule has 0 bridgehead atoms. The van der Waals surface area contributed by atoms with Gasteiger partial charge in [0.1, 0.15) is 0 Å². The van der Waals surface area contributed by atoms with E-state index in [1.165, 1.54) is 16.2 Å². The Labute approximate surface area is 176 Å². The molecule has 1 unspecified atom stereocenters. The van der Waals surface area contributed by atoms with Crippen LogP contribution in [-0.4, -0.2) is 23.6 Å². The van der Waals surface area contributed by atoms with Crippen LogP contribution in [0.1, 0.15) is 26.8 Å². The normalized spacial score (nSPS) is 17.7. The maximum Gasteiger partial charge on any atom is 0.294 e. The molecule has 1 amide bonds. The summed E-state index contributed by atoms with van der Waals surface area (Å²) in [5.41, 5.74) is 2.31. The van der Waals surface area contributed by atoms with Crippen molar-refractivity contribution in [1.82, 2.24) is 0 Å². The molecule has 3 aromatic rings. The predicted octanol–water partition coefficient (Wildman–Crippen LogP) is 4.57. The van der Waals surface area contributed by atoms with Gasteiger partial charge in [0.25, 0.3) is 5.91 Å². The first-order valence-electron chi connectivity index (χ1n) is 9.35. The van der Waals surface area contributed by atoms with Crippen molar-refractivity contribution < 1.29 is 24.2 Å². The van der Waals surface area contributed by atoms with E-state index in [4.69, 9.17) is 9.47 Å². The number of carbonyl (C=O) groups is 2. The average molecular weight is 419 g/mol. The Morgan fingerprint density at radius 2 is 1.93 bits per heavy atom. The molecule has 0 spiro atoms. The zero-order valence-corrected chi connectivity index (χ0v) is 16.8. The van der Waals surface area contributed by atoms with E-state index < -0.39 is 17.7 Å². The molecule has 0 saturated carbocycles. The number of ketones is 1. The molecule has 1 N–H and O–H groups in total. The van der Waals surface area contributed by atoms with Gasteiger partial charge in [0.2, 0.25) is 12.6 Å². The Bertz CT molecular complexity index is 1200. The summed E-state index contributed by atoms with van der Waals surface area (Å²) in [4.78, 5) is 28.3. The van der Waals surface area contributed by atoms with Gasteiger partial charge in [0.15, 0.2) is 17.3 Å². The van der Waals surface area contributed by atoms with Crippen LogP contribution >= 0.6 is 11.3 Å². The van der Waals surface area contributed by atoms with E-state index in [0.717, 1.165) is 11.1 Å². The van der Waals surface area contributed by atoms with Crippen molar-refractivity contribution in [1.29, 1.82) is 0 Å². The molecule has 2 aliphatic heterocycles. The lowest BCUT2D eigenvalue weighted by Crippen LogP contribution is -2.31. The second-order valence-electron chi connectivity index (χ2n) is 7.10. The second-order valence-corrected chi connectivity index (χ2v) is 8.05. The highest BCUT2D eigenvalue weighted by molar-refractivity contribution is 7.12. The Hall–Kier alpha value is -3.58. The van der Waals surface area contributed by atoms with Crippen LogP contribution in [0.25, 0.3) is 0 Å². The SMILES string of the molecule is Cc1cccc(C2C(C(=O)c3cccs3)=C(O)C(=O)N2c2ccc3c(c2)OCO3)c1. The molecule has 5 rings (SSSR count). The fraction of sp³-hybridized carbons (Fsp3) is 0.130. The topological polar surface area (TPSA) is 76.1 Å². The van der Waals surface area contributed by atoms with E-state index >= 15 is 0 Å². The number of aliphatic hydroxyl groups excluding tert-OH is 1. The number of ether oxygens (including phenoxy) is 2. The monoisotopic (exact) mass is 419 g/mol. The lowest BCUT2D eigenvalue weighted by atomic mass is 9.94. The zero-order chi connectivity index (χ0) is 20.8. The van der Waals surface area contributed by atoms with Crippen LogP contribution in [0.5, 0.6) is 11.5 Å². The van der Waals surface area contributed by atoms with E-state index in [9.17, 15) is 14.7 Å². The Morgan fingerprint density at radius 3 is 2.70 bits per heavy atom. The standard InChI is InChI=1S/C23H17NO5S/c1-13-4-2-5-14(10-13)20-19(21(25)18-6-3-9-30-18)22(26)23(27)24(20)15-7-8-16-17(11-15)29-12-28-16/h2-11,20,26H,12H2,1H3. The van der Waals surface area contributed by atoms with Crippen molar-refractivity contribution in [2.45, 2.75) is 13.0 Å². The third-order valence-electron chi connectivity index (χ3n) is 5.19. The molecule has 6 nitrogen and oxygen atoms in total. The van der Waals surface area contributed by atoms with Crippen molar-refractivity contribution >= 4 is 28.7 Å². The van der Waals surface area contributed by atoms with E-state index in [-0.39, 0.29) is 18.1 Å². The maximum absolute atomic E-state index is 13.3. The summed E-state index contributed by atoms with van der Waals surface area (Å²) in [5.74, 6) is -0.408. The highest BCUT2D eigenvalue weighted by Gasteiger charge is 2.45. The Kier molecular flexibility index (Phi) is 4.33. The number of aliphatic hydroxyl groups is 1. The zero-order valence-electron chi connectivity index (χ0n) is 16.0. The summed E-state index contributed by atoms with van der Waals surface area (Å²) in [6.45, 7) is 2.05. The molecule has 2 aliphatic rings. The molecule has 1 aromatic heterocycles. The van der Waals surface area contributed by atoms with Gasteiger partial charge in [-0.05, 0) is 36.1 Å². The molecule has 30 heavy (non-hydrogen) atoms. The van der Waals surface area contributed by atoms with Crippen LogP contribution in [0, 0.1) is 6.92 Å². The number of rotatable bonds is 4. The third kappa shape index (κ3) is 2.86. The highest BCUT2D eigenvalue weighted by Crippen LogP contribution is 2.45. The fourth-order valence-electron chi connectivity index (χ4n) is 3.83. The van der Waals surface area contributed by atoms with E-state index in [1.807, 2.05) is 31.2 Å². The lowest BCUT2D eigenvalue weighted by Gasteiger charge is -2.27.